The van der Waals surface area contributed by atoms with Gasteiger partial charge in [0.05, 0.1) is 0 Å². The molecule has 0 fully saturated rings. The second-order valence-corrected chi connectivity index (χ2v) is 8.55. The molecule has 1 aromatic heterocycles. The van der Waals surface area contributed by atoms with Gasteiger partial charge < -0.3 is 10.6 Å². The highest BCUT2D eigenvalue weighted by Crippen LogP contribution is 2.31. The van der Waals surface area contributed by atoms with Crippen molar-refractivity contribution in [1.29, 1.82) is 0 Å². The standard InChI is InChI=1S/C15H15ClN2O4S2/c1-17-14(19)15(20)18-9-12(10-4-6-11(16)7-5-10)24(21,22)13-3-2-8-23-13/h2-8,12H,9H2,1H3,(H,17,19)(H,18,20)/t12-/m0/s1. The van der Waals surface area contributed by atoms with Crippen molar-refractivity contribution in [2.24, 2.45) is 0 Å². The fourth-order valence-corrected chi connectivity index (χ4v) is 5.02. The van der Waals surface area contributed by atoms with Gasteiger partial charge in [-0.05, 0) is 29.1 Å². The second kappa shape index (κ2) is 7.78. The fraction of sp³-hybridized carbons (Fsp3) is 0.200. The summed E-state index contributed by atoms with van der Waals surface area (Å²) in [6, 6.07) is 9.47. The highest BCUT2D eigenvalue weighted by Gasteiger charge is 2.31. The number of hydrogen-bond donors (Lipinski definition) is 2. The lowest BCUT2D eigenvalue weighted by Gasteiger charge is -2.18. The van der Waals surface area contributed by atoms with Crippen LogP contribution in [0.5, 0.6) is 0 Å². The molecule has 0 saturated heterocycles. The Morgan fingerprint density at radius 2 is 1.83 bits per heavy atom. The number of rotatable bonds is 5. The quantitative estimate of drug-likeness (QED) is 0.766. The molecule has 0 aliphatic carbocycles. The van der Waals surface area contributed by atoms with E-state index in [2.05, 4.69) is 10.6 Å². The van der Waals surface area contributed by atoms with E-state index in [0.29, 0.717) is 10.6 Å². The third kappa shape index (κ3) is 4.14. The zero-order chi connectivity index (χ0) is 17.7. The molecule has 9 heteroatoms. The van der Waals surface area contributed by atoms with Gasteiger partial charge in [-0.3, -0.25) is 9.59 Å². The molecule has 2 aromatic rings. The third-order valence-electron chi connectivity index (χ3n) is 3.27. The average Bonchev–Trinajstić information content (AvgIpc) is 3.10. The molecular weight excluding hydrogens is 372 g/mol. The van der Waals surface area contributed by atoms with Gasteiger partial charge in [-0.15, -0.1) is 11.3 Å². The first-order valence-electron chi connectivity index (χ1n) is 6.89. The fourth-order valence-electron chi connectivity index (χ4n) is 2.03. The lowest BCUT2D eigenvalue weighted by Crippen LogP contribution is -2.40. The number of benzene rings is 1. The van der Waals surface area contributed by atoms with Gasteiger partial charge >= 0.3 is 11.8 Å². The van der Waals surface area contributed by atoms with Crippen LogP contribution < -0.4 is 10.6 Å². The number of likely N-dealkylation sites (N-methyl/N-ethyl adjacent to an activating group) is 1. The zero-order valence-corrected chi connectivity index (χ0v) is 15.0. The molecule has 0 spiro atoms. The van der Waals surface area contributed by atoms with Crippen LogP contribution in [0.1, 0.15) is 10.8 Å². The second-order valence-electron chi connectivity index (χ2n) is 4.81. The lowest BCUT2D eigenvalue weighted by molar-refractivity contribution is -0.138. The van der Waals surface area contributed by atoms with Crippen LogP contribution in [0.2, 0.25) is 5.02 Å². The topological polar surface area (TPSA) is 92.3 Å². The van der Waals surface area contributed by atoms with Gasteiger partial charge in [0.1, 0.15) is 9.46 Å². The van der Waals surface area contributed by atoms with Crippen molar-refractivity contribution < 1.29 is 18.0 Å². The van der Waals surface area contributed by atoms with Crippen LogP contribution >= 0.6 is 22.9 Å². The smallest absolute Gasteiger partial charge is 0.309 e. The predicted octanol–water partition coefficient (Wildman–Crippen LogP) is 1.78. The van der Waals surface area contributed by atoms with Crippen molar-refractivity contribution in [2.45, 2.75) is 9.46 Å². The van der Waals surface area contributed by atoms with Crippen LogP contribution in [0.25, 0.3) is 0 Å². The third-order valence-corrected chi connectivity index (χ3v) is 7.06. The number of hydrogen-bond acceptors (Lipinski definition) is 5. The normalized spacial score (nSPS) is 12.4. The summed E-state index contributed by atoms with van der Waals surface area (Å²) in [7, 11) is -2.40. The van der Waals surface area contributed by atoms with Crippen LogP contribution in [-0.2, 0) is 19.4 Å². The van der Waals surface area contributed by atoms with Crippen LogP contribution in [0.15, 0.2) is 46.0 Å². The molecule has 1 aromatic carbocycles. The summed E-state index contributed by atoms with van der Waals surface area (Å²) < 4.78 is 25.9. The minimum Gasteiger partial charge on any atom is -0.351 e. The van der Waals surface area contributed by atoms with Gasteiger partial charge in [-0.25, -0.2) is 8.42 Å². The molecule has 2 rings (SSSR count). The summed E-state index contributed by atoms with van der Waals surface area (Å²) in [6.45, 7) is -0.228. The Morgan fingerprint density at radius 3 is 2.38 bits per heavy atom. The van der Waals surface area contributed by atoms with Gasteiger partial charge in [0.2, 0.25) is 0 Å². The van der Waals surface area contributed by atoms with E-state index in [4.69, 9.17) is 11.6 Å². The number of carbonyl (C=O) groups excluding carboxylic acids is 2. The van der Waals surface area contributed by atoms with E-state index >= 15 is 0 Å². The van der Waals surface area contributed by atoms with Gasteiger partial charge in [0.15, 0.2) is 9.84 Å². The van der Waals surface area contributed by atoms with Crippen LogP contribution in [-0.4, -0.2) is 33.8 Å². The first kappa shape index (κ1) is 18.4. The Labute approximate surface area is 148 Å². The van der Waals surface area contributed by atoms with E-state index in [0.717, 1.165) is 11.3 Å². The number of thiophene rings is 1. The van der Waals surface area contributed by atoms with E-state index in [1.54, 1.807) is 35.7 Å². The maximum Gasteiger partial charge on any atom is 0.309 e. The molecule has 6 nitrogen and oxygen atoms in total. The van der Waals surface area contributed by atoms with Gasteiger partial charge in [0, 0.05) is 18.6 Å². The summed E-state index contributed by atoms with van der Waals surface area (Å²) in [6.07, 6.45) is 0. The van der Waals surface area contributed by atoms with Crippen molar-refractivity contribution in [1.82, 2.24) is 10.6 Å². The van der Waals surface area contributed by atoms with Crippen LogP contribution in [0.4, 0.5) is 0 Å². The van der Waals surface area contributed by atoms with Crippen molar-refractivity contribution in [3.05, 3.63) is 52.4 Å². The highest BCUT2D eigenvalue weighted by atomic mass is 35.5. The number of carbonyl (C=O) groups is 2. The summed E-state index contributed by atoms with van der Waals surface area (Å²) in [5.74, 6) is -1.73. The van der Waals surface area contributed by atoms with E-state index in [9.17, 15) is 18.0 Å². The minimum absolute atomic E-state index is 0.191. The molecule has 0 bridgehead atoms. The Morgan fingerprint density at radius 1 is 1.17 bits per heavy atom. The highest BCUT2D eigenvalue weighted by molar-refractivity contribution is 7.93. The molecule has 0 radical (unpaired) electrons. The maximum absolute atomic E-state index is 12.9. The molecule has 0 unspecified atom stereocenters. The summed E-state index contributed by atoms with van der Waals surface area (Å²) in [5.41, 5.74) is 0.477. The first-order chi connectivity index (χ1) is 11.4. The lowest BCUT2D eigenvalue weighted by atomic mass is 10.1. The van der Waals surface area contributed by atoms with E-state index in [1.165, 1.54) is 13.1 Å². The Kier molecular flexibility index (Phi) is 5.98. The largest absolute Gasteiger partial charge is 0.351 e. The Balaban J connectivity index is 2.33. The van der Waals surface area contributed by atoms with Gasteiger partial charge in [-0.2, -0.15) is 0 Å². The molecule has 1 atom stereocenters. The molecule has 128 valence electrons. The summed E-state index contributed by atoms with van der Waals surface area (Å²) in [5, 5.41) is 5.65. The molecule has 0 saturated carbocycles. The predicted molar refractivity (Wildman–Crippen MR) is 92.8 cm³/mol. The maximum atomic E-state index is 12.9. The molecule has 2 N–H and O–H groups in total. The van der Waals surface area contributed by atoms with Crippen molar-refractivity contribution in [3.63, 3.8) is 0 Å². The molecule has 24 heavy (non-hydrogen) atoms. The van der Waals surface area contributed by atoms with E-state index in [1.807, 2.05) is 0 Å². The Bertz CT molecular complexity index is 818. The Hall–Kier alpha value is -1.90. The SMILES string of the molecule is CNC(=O)C(=O)NC[C@@H](c1ccc(Cl)cc1)S(=O)(=O)c1cccs1. The monoisotopic (exact) mass is 386 g/mol. The number of amides is 2. The number of sulfone groups is 1. The van der Waals surface area contributed by atoms with E-state index < -0.39 is 26.9 Å². The van der Waals surface area contributed by atoms with Crippen molar-refractivity contribution in [3.8, 4) is 0 Å². The number of nitrogens with one attached hydrogen (secondary N) is 2. The van der Waals surface area contributed by atoms with Crippen molar-refractivity contribution in [2.75, 3.05) is 13.6 Å². The molecule has 0 aliphatic heterocycles. The minimum atomic E-state index is -3.72. The summed E-state index contributed by atoms with van der Waals surface area (Å²) in [4.78, 5) is 22.9. The molecule has 1 heterocycles. The van der Waals surface area contributed by atoms with Crippen LogP contribution in [0, 0.1) is 0 Å². The van der Waals surface area contributed by atoms with Gasteiger partial charge in [-0.1, -0.05) is 29.8 Å². The first-order valence-corrected chi connectivity index (χ1v) is 9.69. The molecule has 2 amide bonds. The zero-order valence-electron chi connectivity index (χ0n) is 12.7. The molecular formula is C15H15ClN2O4S2. The average molecular weight is 387 g/mol. The van der Waals surface area contributed by atoms with Gasteiger partial charge in [0.25, 0.3) is 0 Å². The molecule has 0 aliphatic rings. The van der Waals surface area contributed by atoms with Crippen LogP contribution in [0.3, 0.4) is 0 Å². The number of halogens is 1. The van der Waals surface area contributed by atoms with E-state index in [-0.39, 0.29) is 10.8 Å². The summed E-state index contributed by atoms with van der Waals surface area (Å²) >= 11 is 6.94. The van der Waals surface area contributed by atoms with Crippen molar-refractivity contribution >= 4 is 44.6 Å².